The maximum Gasteiger partial charge on any atom is 0.140 e. The molecule has 2 aromatic rings. The lowest BCUT2D eigenvalue weighted by molar-refractivity contribution is -0.131. The zero-order valence-electron chi connectivity index (χ0n) is 15.2. The van der Waals surface area contributed by atoms with Crippen LogP contribution < -0.4 is 0 Å². The van der Waals surface area contributed by atoms with Crippen LogP contribution in [0.2, 0.25) is 0 Å². The van der Waals surface area contributed by atoms with Crippen molar-refractivity contribution in [2.75, 3.05) is 13.6 Å². The lowest BCUT2D eigenvalue weighted by Gasteiger charge is -2.46. The number of aromatic amines is 1. The zero-order chi connectivity index (χ0) is 17.7. The molecule has 132 valence electrons. The van der Waals surface area contributed by atoms with E-state index >= 15 is 0 Å². The Balaban J connectivity index is 1.65. The quantitative estimate of drug-likeness (QED) is 0.870. The second kappa shape index (κ2) is 6.10. The second-order valence-corrected chi connectivity index (χ2v) is 8.01. The molecule has 25 heavy (non-hydrogen) atoms. The highest BCUT2D eigenvalue weighted by Gasteiger charge is 2.40. The number of fused-ring (bicyclic) bond motifs is 2. The molecule has 1 aromatic carbocycles. The van der Waals surface area contributed by atoms with Gasteiger partial charge in [-0.25, -0.2) is 0 Å². The smallest absolute Gasteiger partial charge is 0.140 e. The van der Waals surface area contributed by atoms with Crippen LogP contribution in [-0.4, -0.2) is 41.1 Å². The van der Waals surface area contributed by atoms with Gasteiger partial charge in [0.1, 0.15) is 11.6 Å². The van der Waals surface area contributed by atoms with Gasteiger partial charge in [-0.15, -0.1) is 0 Å². The minimum atomic E-state index is -0.433. The fourth-order valence-electron chi connectivity index (χ4n) is 5.18. The maximum absolute atomic E-state index is 11.9. The molecule has 3 atom stereocenters. The van der Waals surface area contributed by atoms with Gasteiger partial charge < -0.3 is 9.88 Å². The number of H-pyrrole nitrogens is 1. The Hall–Kier alpha value is -1.94. The number of benzene rings is 1. The summed E-state index contributed by atoms with van der Waals surface area (Å²) < 4.78 is 0. The molecule has 4 heteroatoms. The van der Waals surface area contributed by atoms with Crippen molar-refractivity contribution < 1.29 is 9.59 Å². The summed E-state index contributed by atoms with van der Waals surface area (Å²) >= 11 is 0. The normalized spacial score (nSPS) is 26.0. The third-order valence-electron chi connectivity index (χ3n) is 6.36. The summed E-state index contributed by atoms with van der Waals surface area (Å²) in [5.41, 5.74) is 4.08. The Labute approximate surface area is 148 Å². The predicted octanol–water partition coefficient (Wildman–Crippen LogP) is 3.31. The van der Waals surface area contributed by atoms with Gasteiger partial charge in [-0.3, -0.25) is 9.59 Å². The van der Waals surface area contributed by atoms with E-state index in [2.05, 4.69) is 41.3 Å². The molecule has 0 bridgehead atoms. The highest BCUT2D eigenvalue weighted by molar-refractivity contribution is 6.00. The number of hydrogen-bond donors (Lipinski definition) is 1. The summed E-state index contributed by atoms with van der Waals surface area (Å²) in [5, 5.41) is 1.40. The first kappa shape index (κ1) is 16.5. The highest BCUT2D eigenvalue weighted by Crippen LogP contribution is 2.45. The van der Waals surface area contributed by atoms with Gasteiger partial charge in [0.15, 0.2) is 0 Å². The van der Waals surface area contributed by atoms with Crippen molar-refractivity contribution in [2.24, 2.45) is 11.8 Å². The molecular formula is C21H26N2O2. The molecule has 4 rings (SSSR count). The molecule has 1 unspecified atom stereocenters. The molecule has 0 radical (unpaired) electrons. The minimum absolute atomic E-state index is 0.0101. The molecule has 2 heterocycles. The number of hydrogen-bond acceptors (Lipinski definition) is 3. The maximum atomic E-state index is 11.9. The van der Waals surface area contributed by atoms with Gasteiger partial charge in [0.05, 0.1) is 5.92 Å². The van der Waals surface area contributed by atoms with Crippen LogP contribution in [0.3, 0.4) is 0 Å². The first-order valence-corrected chi connectivity index (χ1v) is 9.25. The molecule has 1 aliphatic heterocycles. The number of piperidine rings is 1. The van der Waals surface area contributed by atoms with Gasteiger partial charge in [0.2, 0.25) is 0 Å². The Morgan fingerprint density at radius 1 is 1.28 bits per heavy atom. The molecule has 1 fully saturated rings. The van der Waals surface area contributed by atoms with Crippen LogP contribution in [0.1, 0.15) is 43.7 Å². The molecule has 0 saturated carbocycles. The summed E-state index contributed by atoms with van der Waals surface area (Å²) in [7, 11) is 2.19. The van der Waals surface area contributed by atoms with Crippen LogP contribution in [0.4, 0.5) is 0 Å². The van der Waals surface area contributed by atoms with Crippen LogP contribution in [0, 0.1) is 11.8 Å². The molecular weight excluding hydrogens is 312 g/mol. The lowest BCUT2D eigenvalue weighted by Crippen LogP contribution is -2.48. The number of likely N-dealkylation sites (N-methyl/N-ethyl adjacent to an activating group) is 1. The van der Waals surface area contributed by atoms with Gasteiger partial charge in [-0.05, 0) is 63.3 Å². The zero-order valence-corrected chi connectivity index (χ0v) is 15.2. The van der Waals surface area contributed by atoms with Crippen molar-refractivity contribution in [1.82, 2.24) is 9.88 Å². The van der Waals surface area contributed by atoms with E-state index in [1.54, 1.807) is 13.8 Å². The molecule has 0 amide bonds. The fourth-order valence-corrected chi connectivity index (χ4v) is 5.18. The van der Waals surface area contributed by atoms with E-state index in [1.807, 2.05) is 0 Å². The third kappa shape index (κ3) is 2.73. The average Bonchev–Trinajstić information content (AvgIpc) is 2.98. The molecule has 2 aliphatic rings. The standard InChI is InChI=1S/C21H26N2O2/c1-12(24)17(13(2)25)7-14-8-18-16-5-4-6-19-21(16)15(10-22-19)9-20(18)23(3)11-14/h4-6,10,14,17-18,20,22H,7-9,11H2,1-3H3/t14?,18-,20-/m1/s1. The number of ketones is 2. The van der Waals surface area contributed by atoms with E-state index in [1.165, 1.54) is 22.0 Å². The van der Waals surface area contributed by atoms with Crippen LogP contribution in [-0.2, 0) is 16.0 Å². The molecule has 1 saturated heterocycles. The monoisotopic (exact) mass is 338 g/mol. The Kier molecular flexibility index (Phi) is 4.03. The van der Waals surface area contributed by atoms with Crippen molar-refractivity contribution >= 4 is 22.5 Å². The van der Waals surface area contributed by atoms with Gasteiger partial charge in [-0.1, -0.05) is 12.1 Å². The number of rotatable bonds is 4. The van der Waals surface area contributed by atoms with Crippen LogP contribution in [0.5, 0.6) is 0 Å². The van der Waals surface area contributed by atoms with Crippen molar-refractivity contribution in [3.63, 3.8) is 0 Å². The van der Waals surface area contributed by atoms with E-state index in [4.69, 9.17) is 0 Å². The van der Waals surface area contributed by atoms with E-state index < -0.39 is 5.92 Å². The Bertz CT molecular complexity index is 824. The fraction of sp³-hybridized carbons (Fsp3) is 0.524. The number of nitrogens with one attached hydrogen (secondary N) is 1. The number of carbonyl (C=O) groups excluding carboxylic acids is 2. The Morgan fingerprint density at radius 2 is 2.04 bits per heavy atom. The summed E-state index contributed by atoms with van der Waals surface area (Å²) in [6.07, 6.45) is 4.99. The summed E-state index contributed by atoms with van der Waals surface area (Å²) in [6.45, 7) is 4.07. The topological polar surface area (TPSA) is 53.2 Å². The van der Waals surface area contributed by atoms with Gasteiger partial charge in [0, 0.05) is 35.6 Å². The van der Waals surface area contributed by atoms with Crippen molar-refractivity contribution in [3.8, 4) is 0 Å². The average molecular weight is 338 g/mol. The molecule has 1 N–H and O–H groups in total. The third-order valence-corrected chi connectivity index (χ3v) is 6.36. The number of Topliss-reactive ketones (excluding diaryl/α,β-unsaturated/α-hetero) is 2. The van der Waals surface area contributed by atoms with Crippen molar-refractivity contribution in [2.45, 2.75) is 45.1 Å². The second-order valence-electron chi connectivity index (χ2n) is 8.01. The van der Waals surface area contributed by atoms with Crippen molar-refractivity contribution in [1.29, 1.82) is 0 Å². The van der Waals surface area contributed by atoms with E-state index in [0.717, 1.165) is 19.4 Å². The summed E-state index contributed by atoms with van der Waals surface area (Å²) in [6, 6.07) is 7.06. The molecule has 0 spiro atoms. The minimum Gasteiger partial charge on any atom is -0.361 e. The molecule has 1 aliphatic carbocycles. The van der Waals surface area contributed by atoms with Gasteiger partial charge in [-0.2, -0.15) is 0 Å². The van der Waals surface area contributed by atoms with Gasteiger partial charge >= 0.3 is 0 Å². The van der Waals surface area contributed by atoms with Crippen LogP contribution in [0.25, 0.3) is 10.9 Å². The van der Waals surface area contributed by atoms with Gasteiger partial charge in [0.25, 0.3) is 0 Å². The van der Waals surface area contributed by atoms with Crippen LogP contribution in [0.15, 0.2) is 24.4 Å². The first-order chi connectivity index (χ1) is 12.0. The first-order valence-electron chi connectivity index (χ1n) is 9.25. The SMILES string of the molecule is CC(=O)C(CC1C[C@@H]2c3cccc4[nH]cc(c34)C[C@H]2N(C)C1)C(C)=O. The number of aromatic nitrogens is 1. The van der Waals surface area contributed by atoms with Crippen molar-refractivity contribution in [3.05, 3.63) is 35.5 Å². The van der Waals surface area contributed by atoms with E-state index in [-0.39, 0.29) is 11.6 Å². The summed E-state index contributed by atoms with van der Waals surface area (Å²) in [5.74, 6) is 0.458. The Morgan fingerprint density at radius 3 is 2.76 bits per heavy atom. The number of nitrogens with zero attached hydrogens (tertiary/aromatic N) is 1. The predicted molar refractivity (Wildman–Crippen MR) is 98.7 cm³/mol. The summed E-state index contributed by atoms with van der Waals surface area (Å²) in [4.78, 5) is 29.6. The molecule has 4 nitrogen and oxygen atoms in total. The van der Waals surface area contributed by atoms with Crippen LogP contribution >= 0.6 is 0 Å². The van der Waals surface area contributed by atoms with E-state index in [0.29, 0.717) is 24.3 Å². The lowest BCUT2D eigenvalue weighted by atomic mass is 9.70. The number of likely N-dealkylation sites (tertiary alicyclic amines) is 1. The largest absolute Gasteiger partial charge is 0.361 e. The highest BCUT2D eigenvalue weighted by atomic mass is 16.1. The number of carbonyl (C=O) groups is 2. The van der Waals surface area contributed by atoms with E-state index in [9.17, 15) is 9.59 Å². The molecule has 1 aromatic heterocycles.